The first-order chi connectivity index (χ1) is 9.78. The molecule has 3 rings (SSSR count). The van der Waals surface area contributed by atoms with Crippen molar-refractivity contribution in [3.8, 4) is 17.1 Å². The van der Waals surface area contributed by atoms with E-state index in [1.807, 2.05) is 30.3 Å². The summed E-state index contributed by atoms with van der Waals surface area (Å²) in [6.45, 7) is -0.432. The highest BCUT2D eigenvalue weighted by Crippen LogP contribution is 2.24. The van der Waals surface area contributed by atoms with Crippen LogP contribution in [0.25, 0.3) is 22.3 Å². The predicted molar refractivity (Wildman–Crippen MR) is 75.6 cm³/mol. The molecule has 1 aromatic heterocycles. The molecule has 0 saturated heterocycles. The number of rotatable bonds is 3. The average molecular weight is 268 g/mol. The van der Waals surface area contributed by atoms with Crippen molar-refractivity contribution < 1.29 is 14.3 Å². The van der Waals surface area contributed by atoms with Crippen LogP contribution in [0.4, 0.5) is 0 Å². The normalized spacial score (nSPS) is 10.7. The Morgan fingerprint density at radius 2 is 1.85 bits per heavy atom. The van der Waals surface area contributed by atoms with Crippen LogP contribution >= 0.6 is 0 Å². The topological polar surface area (TPSA) is 59.7 Å². The van der Waals surface area contributed by atoms with Crippen molar-refractivity contribution in [3.63, 3.8) is 0 Å². The molecule has 0 aliphatic heterocycles. The van der Waals surface area contributed by atoms with Gasteiger partial charge in [0.2, 0.25) is 0 Å². The van der Waals surface area contributed by atoms with E-state index in [4.69, 9.17) is 14.3 Å². The average Bonchev–Trinajstić information content (AvgIpc) is 2.49. The van der Waals surface area contributed by atoms with Gasteiger partial charge in [-0.25, -0.2) is 0 Å². The van der Waals surface area contributed by atoms with Crippen molar-refractivity contribution in [2.45, 2.75) is 0 Å². The van der Waals surface area contributed by atoms with E-state index < -0.39 is 6.79 Å². The maximum Gasteiger partial charge on any atom is 0.193 e. The molecule has 4 heteroatoms. The van der Waals surface area contributed by atoms with Gasteiger partial charge in [0.15, 0.2) is 12.2 Å². The van der Waals surface area contributed by atoms with Gasteiger partial charge in [0.05, 0.1) is 5.39 Å². The fourth-order valence-corrected chi connectivity index (χ4v) is 2.04. The molecule has 0 atom stereocenters. The van der Waals surface area contributed by atoms with E-state index in [2.05, 4.69) is 0 Å². The van der Waals surface area contributed by atoms with Gasteiger partial charge in [0.1, 0.15) is 17.1 Å². The fourth-order valence-electron chi connectivity index (χ4n) is 2.04. The molecule has 0 radical (unpaired) electrons. The minimum Gasteiger partial charge on any atom is -0.468 e. The largest absolute Gasteiger partial charge is 0.468 e. The number of hydrogen-bond donors (Lipinski definition) is 1. The summed E-state index contributed by atoms with van der Waals surface area (Å²) in [7, 11) is 0. The van der Waals surface area contributed by atoms with E-state index >= 15 is 0 Å². The van der Waals surface area contributed by atoms with Crippen LogP contribution in [-0.4, -0.2) is 11.9 Å². The molecule has 2 aromatic carbocycles. The van der Waals surface area contributed by atoms with Crippen LogP contribution in [0.5, 0.6) is 5.75 Å². The molecule has 0 fully saturated rings. The van der Waals surface area contributed by atoms with E-state index in [0.717, 1.165) is 5.56 Å². The molecule has 4 nitrogen and oxygen atoms in total. The van der Waals surface area contributed by atoms with Crippen LogP contribution in [0.2, 0.25) is 0 Å². The van der Waals surface area contributed by atoms with Gasteiger partial charge in [0, 0.05) is 11.6 Å². The number of hydrogen-bond acceptors (Lipinski definition) is 4. The van der Waals surface area contributed by atoms with E-state index in [0.29, 0.717) is 22.5 Å². The first kappa shape index (κ1) is 12.4. The lowest BCUT2D eigenvalue weighted by molar-refractivity contribution is 0.0987. The van der Waals surface area contributed by atoms with Crippen molar-refractivity contribution in [2.24, 2.45) is 0 Å². The summed E-state index contributed by atoms with van der Waals surface area (Å²) >= 11 is 0. The molecule has 100 valence electrons. The van der Waals surface area contributed by atoms with Gasteiger partial charge in [-0.15, -0.1) is 0 Å². The molecule has 0 aliphatic carbocycles. The lowest BCUT2D eigenvalue weighted by Gasteiger charge is -2.05. The zero-order valence-corrected chi connectivity index (χ0v) is 10.6. The van der Waals surface area contributed by atoms with Gasteiger partial charge in [-0.1, -0.05) is 30.3 Å². The van der Waals surface area contributed by atoms with E-state index in [1.54, 1.807) is 18.2 Å². The Morgan fingerprint density at radius 3 is 2.60 bits per heavy atom. The van der Waals surface area contributed by atoms with Crippen molar-refractivity contribution in [3.05, 3.63) is 64.8 Å². The van der Waals surface area contributed by atoms with Gasteiger partial charge in [-0.2, -0.15) is 0 Å². The molecule has 0 bridgehead atoms. The number of ether oxygens (including phenoxy) is 1. The first-order valence-electron chi connectivity index (χ1n) is 6.15. The molecule has 0 spiro atoms. The summed E-state index contributed by atoms with van der Waals surface area (Å²) in [5.41, 5.74) is 1.19. The molecule has 0 saturated carbocycles. The van der Waals surface area contributed by atoms with Crippen molar-refractivity contribution >= 4 is 11.0 Å². The van der Waals surface area contributed by atoms with Crippen LogP contribution in [0, 0.1) is 0 Å². The second kappa shape index (κ2) is 5.19. The number of benzene rings is 2. The maximum atomic E-state index is 12.2. The Kier molecular flexibility index (Phi) is 3.23. The SMILES string of the molecule is O=c1cc(-c2ccccc2)oc2ccc(OCO)cc12. The summed E-state index contributed by atoms with van der Waals surface area (Å²) in [5.74, 6) is 0.957. The molecule has 1 N–H and O–H groups in total. The second-order valence-corrected chi connectivity index (χ2v) is 4.27. The van der Waals surface area contributed by atoms with E-state index in [1.165, 1.54) is 6.07 Å². The molecule has 20 heavy (non-hydrogen) atoms. The van der Waals surface area contributed by atoms with Gasteiger partial charge < -0.3 is 14.3 Å². The molecule has 3 aromatic rings. The molecule has 0 aliphatic rings. The molecule has 1 heterocycles. The monoisotopic (exact) mass is 268 g/mol. The first-order valence-corrected chi connectivity index (χ1v) is 6.15. The number of aliphatic hydroxyl groups is 1. The van der Waals surface area contributed by atoms with Crippen LogP contribution in [0.15, 0.2) is 63.8 Å². The van der Waals surface area contributed by atoms with Crippen molar-refractivity contribution in [1.29, 1.82) is 0 Å². The highest BCUT2D eigenvalue weighted by molar-refractivity contribution is 5.80. The van der Waals surface area contributed by atoms with Crippen molar-refractivity contribution in [1.82, 2.24) is 0 Å². The van der Waals surface area contributed by atoms with Gasteiger partial charge in [-0.05, 0) is 18.2 Å². The molecule has 0 amide bonds. The smallest absolute Gasteiger partial charge is 0.193 e. The summed E-state index contributed by atoms with van der Waals surface area (Å²) in [6.07, 6.45) is 0. The molecular weight excluding hydrogens is 256 g/mol. The third-order valence-electron chi connectivity index (χ3n) is 2.99. The van der Waals surface area contributed by atoms with Gasteiger partial charge in [0.25, 0.3) is 0 Å². The van der Waals surface area contributed by atoms with Gasteiger partial charge in [-0.3, -0.25) is 4.79 Å². The number of fused-ring (bicyclic) bond motifs is 1. The summed E-state index contributed by atoms with van der Waals surface area (Å²) < 4.78 is 10.7. The summed E-state index contributed by atoms with van der Waals surface area (Å²) in [6, 6.07) is 15.8. The highest BCUT2D eigenvalue weighted by atomic mass is 16.6. The minimum absolute atomic E-state index is 0.145. The third-order valence-corrected chi connectivity index (χ3v) is 2.99. The Morgan fingerprint density at radius 1 is 1.05 bits per heavy atom. The zero-order valence-electron chi connectivity index (χ0n) is 10.6. The lowest BCUT2D eigenvalue weighted by atomic mass is 10.1. The Bertz CT molecular complexity index is 790. The fraction of sp³-hybridized carbons (Fsp3) is 0.0625. The maximum absolute atomic E-state index is 12.2. The van der Waals surface area contributed by atoms with Crippen molar-refractivity contribution in [2.75, 3.05) is 6.79 Å². The number of aliphatic hydroxyl groups excluding tert-OH is 1. The standard InChI is InChI=1S/C16H12O4/c17-10-19-12-6-7-15-13(8-12)14(18)9-16(20-15)11-4-2-1-3-5-11/h1-9,17H,10H2. The van der Waals surface area contributed by atoms with E-state index in [-0.39, 0.29) is 5.43 Å². The van der Waals surface area contributed by atoms with Crippen LogP contribution in [-0.2, 0) is 0 Å². The lowest BCUT2D eigenvalue weighted by Crippen LogP contribution is -2.01. The van der Waals surface area contributed by atoms with Crippen LogP contribution < -0.4 is 10.2 Å². The van der Waals surface area contributed by atoms with Gasteiger partial charge >= 0.3 is 0 Å². The highest BCUT2D eigenvalue weighted by Gasteiger charge is 2.07. The molecular formula is C16H12O4. The minimum atomic E-state index is -0.432. The zero-order chi connectivity index (χ0) is 13.9. The Hall–Kier alpha value is -2.59. The second-order valence-electron chi connectivity index (χ2n) is 4.27. The van der Waals surface area contributed by atoms with Crippen LogP contribution in [0.1, 0.15) is 0 Å². The summed E-state index contributed by atoms with van der Waals surface area (Å²) in [5, 5.41) is 9.16. The van der Waals surface area contributed by atoms with E-state index in [9.17, 15) is 4.79 Å². The van der Waals surface area contributed by atoms with Crippen LogP contribution in [0.3, 0.4) is 0 Å². The third kappa shape index (κ3) is 2.29. The Labute approximate surface area is 114 Å². The molecule has 0 unspecified atom stereocenters. The predicted octanol–water partition coefficient (Wildman–Crippen LogP) is 2.79. The quantitative estimate of drug-likeness (QED) is 0.742. The Balaban J connectivity index is 2.16. The summed E-state index contributed by atoms with van der Waals surface area (Å²) in [4.78, 5) is 12.2.